The van der Waals surface area contributed by atoms with Crippen molar-refractivity contribution in [1.82, 2.24) is 15.3 Å². The maximum absolute atomic E-state index is 5.50. The summed E-state index contributed by atoms with van der Waals surface area (Å²) in [6.07, 6.45) is 10.7. The molecule has 5 nitrogen and oxygen atoms in total. The summed E-state index contributed by atoms with van der Waals surface area (Å²) in [6.45, 7) is 4.62. The first-order valence-corrected chi connectivity index (χ1v) is 8.30. The van der Waals surface area contributed by atoms with Gasteiger partial charge in [-0.3, -0.25) is 0 Å². The first-order chi connectivity index (χ1) is 10.4. The van der Waals surface area contributed by atoms with Gasteiger partial charge in [-0.2, -0.15) is 0 Å². The Labute approximate surface area is 127 Å². The van der Waals surface area contributed by atoms with Crippen molar-refractivity contribution in [3.8, 4) is 5.88 Å². The van der Waals surface area contributed by atoms with Crippen molar-refractivity contribution in [2.75, 3.05) is 25.0 Å². The van der Waals surface area contributed by atoms with Gasteiger partial charge < -0.3 is 15.4 Å². The molecule has 2 rings (SSSR count). The summed E-state index contributed by atoms with van der Waals surface area (Å²) < 4.78 is 5.50. The number of nitrogens with one attached hydrogen (secondary N) is 2. The van der Waals surface area contributed by atoms with Gasteiger partial charge in [0.05, 0.1) is 6.61 Å². The Hall–Kier alpha value is -1.36. The van der Waals surface area contributed by atoms with Crippen molar-refractivity contribution in [3.05, 3.63) is 12.4 Å². The van der Waals surface area contributed by atoms with Crippen LogP contribution in [0.15, 0.2) is 12.4 Å². The topological polar surface area (TPSA) is 59.1 Å². The van der Waals surface area contributed by atoms with Gasteiger partial charge in [0.15, 0.2) is 0 Å². The third-order valence-electron chi connectivity index (χ3n) is 3.82. The first-order valence-electron chi connectivity index (χ1n) is 8.30. The number of hydrogen-bond donors (Lipinski definition) is 2. The van der Waals surface area contributed by atoms with Crippen LogP contribution in [0.1, 0.15) is 51.9 Å². The zero-order chi connectivity index (χ0) is 14.8. The highest BCUT2D eigenvalue weighted by Crippen LogP contribution is 2.17. The van der Waals surface area contributed by atoms with Crippen molar-refractivity contribution in [2.24, 2.45) is 0 Å². The van der Waals surface area contributed by atoms with Gasteiger partial charge in [-0.15, -0.1) is 0 Å². The fourth-order valence-corrected chi connectivity index (χ4v) is 2.67. The van der Waals surface area contributed by atoms with Crippen molar-refractivity contribution < 1.29 is 4.74 Å². The van der Waals surface area contributed by atoms with E-state index < -0.39 is 0 Å². The molecule has 0 bridgehead atoms. The molecule has 1 aromatic heterocycles. The molecule has 0 aromatic carbocycles. The van der Waals surface area contributed by atoms with Crippen LogP contribution >= 0.6 is 0 Å². The molecule has 1 fully saturated rings. The van der Waals surface area contributed by atoms with Crippen molar-refractivity contribution in [3.63, 3.8) is 0 Å². The summed E-state index contributed by atoms with van der Waals surface area (Å²) in [5.74, 6) is 1.48. The average Bonchev–Trinajstić information content (AvgIpc) is 2.79. The van der Waals surface area contributed by atoms with E-state index >= 15 is 0 Å². The Bertz CT molecular complexity index is 392. The number of nitrogens with zero attached hydrogens (tertiary/aromatic N) is 2. The van der Waals surface area contributed by atoms with E-state index in [2.05, 4.69) is 27.5 Å². The third-order valence-corrected chi connectivity index (χ3v) is 3.82. The highest BCUT2D eigenvalue weighted by atomic mass is 16.5. The Kier molecular flexibility index (Phi) is 7.29. The van der Waals surface area contributed by atoms with Crippen molar-refractivity contribution in [2.45, 2.75) is 57.9 Å². The van der Waals surface area contributed by atoms with Crippen LogP contribution in [-0.4, -0.2) is 35.7 Å². The van der Waals surface area contributed by atoms with E-state index in [1.165, 1.54) is 38.5 Å². The minimum Gasteiger partial charge on any atom is -0.478 e. The predicted molar refractivity (Wildman–Crippen MR) is 85.8 cm³/mol. The quantitative estimate of drug-likeness (QED) is 0.570. The molecule has 118 valence electrons. The first kappa shape index (κ1) is 16.0. The van der Waals surface area contributed by atoms with E-state index in [0.29, 0.717) is 18.5 Å². The van der Waals surface area contributed by atoms with Gasteiger partial charge in [-0.05, 0) is 19.3 Å². The molecule has 0 radical (unpaired) electrons. The molecular weight excluding hydrogens is 264 g/mol. The largest absolute Gasteiger partial charge is 0.478 e. The Morgan fingerprint density at radius 2 is 1.95 bits per heavy atom. The molecule has 5 heteroatoms. The number of anilines is 1. The molecular formula is C16H28N4O. The van der Waals surface area contributed by atoms with Crippen LogP contribution in [0.3, 0.4) is 0 Å². The van der Waals surface area contributed by atoms with Gasteiger partial charge in [0, 0.05) is 25.2 Å². The monoisotopic (exact) mass is 292 g/mol. The Balaban J connectivity index is 1.65. The third kappa shape index (κ3) is 6.29. The fourth-order valence-electron chi connectivity index (χ4n) is 2.67. The predicted octanol–water partition coefficient (Wildman–Crippen LogP) is 2.99. The molecule has 1 saturated carbocycles. The van der Waals surface area contributed by atoms with Crippen LogP contribution in [0.4, 0.5) is 5.82 Å². The van der Waals surface area contributed by atoms with Crippen LogP contribution in [0.2, 0.25) is 0 Å². The maximum atomic E-state index is 5.50. The van der Waals surface area contributed by atoms with Crippen molar-refractivity contribution in [1.29, 1.82) is 0 Å². The van der Waals surface area contributed by atoms with E-state index in [-0.39, 0.29) is 0 Å². The lowest BCUT2D eigenvalue weighted by atomic mass is 10.1. The molecule has 1 aromatic rings. The normalized spacial score (nSPS) is 16.4. The van der Waals surface area contributed by atoms with Crippen LogP contribution in [0.5, 0.6) is 5.88 Å². The highest BCUT2D eigenvalue weighted by Gasteiger charge is 2.10. The molecule has 0 atom stereocenters. The van der Waals surface area contributed by atoms with Crippen LogP contribution < -0.4 is 15.4 Å². The number of hydrogen-bond acceptors (Lipinski definition) is 5. The molecule has 0 saturated heterocycles. The molecule has 1 heterocycles. The summed E-state index contributed by atoms with van der Waals surface area (Å²) >= 11 is 0. The minimum absolute atomic E-state index is 0.645. The summed E-state index contributed by atoms with van der Waals surface area (Å²) in [6, 6.07) is 2.56. The number of ether oxygens (including phenoxy) is 1. The Morgan fingerprint density at radius 3 is 2.71 bits per heavy atom. The summed E-state index contributed by atoms with van der Waals surface area (Å²) in [5, 5.41) is 6.97. The zero-order valence-electron chi connectivity index (χ0n) is 13.1. The van der Waals surface area contributed by atoms with E-state index in [0.717, 1.165) is 25.3 Å². The zero-order valence-corrected chi connectivity index (χ0v) is 13.1. The van der Waals surface area contributed by atoms with E-state index in [9.17, 15) is 0 Å². The number of rotatable bonds is 8. The van der Waals surface area contributed by atoms with Gasteiger partial charge in [0.1, 0.15) is 12.1 Å². The smallest absolute Gasteiger partial charge is 0.218 e. The molecule has 2 N–H and O–H groups in total. The standard InChI is InChI=1S/C16H28N4O/c1-2-11-21-16-12-15(19-13-20-16)18-10-9-17-14-7-5-3-4-6-8-14/h12-14,17H,2-11H2,1H3,(H,18,19,20). The second-order valence-corrected chi connectivity index (χ2v) is 5.66. The van der Waals surface area contributed by atoms with Crippen molar-refractivity contribution >= 4 is 5.82 Å². The lowest BCUT2D eigenvalue weighted by Gasteiger charge is -2.16. The van der Waals surface area contributed by atoms with Gasteiger partial charge in [-0.25, -0.2) is 9.97 Å². The molecule has 0 unspecified atom stereocenters. The molecule has 0 spiro atoms. The molecule has 21 heavy (non-hydrogen) atoms. The van der Waals surface area contributed by atoms with Gasteiger partial charge >= 0.3 is 0 Å². The van der Waals surface area contributed by atoms with Crippen LogP contribution in [0.25, 0.3) is 0 Å². The SMILES string of the molecule is CCCOc1cc(NCCNC2CCCCCC2)ncn1. The van der Waals surface area contributed by atoms with Crippen LogP contribution in [-0.2, 0) is 0 Å². The van der Waals surface area contributed by atoms with Gasteiger partial charge in [0.2, 0.25) is 5.88 Å². The summed E-state index contributed by atoms with van der Waals surface area (Å²) in [5.41, 5.74) is 0. The average molecular weight is 292 g/mol. The summed E-state index contributed by atoms with van der Waals surface area (Å²) in [4.78, 5) is 8.32. The van der Waals surface area contributed by atoms with E-state index in [1.807, 2.05) is 6.07 Å². The van der Waals surface area contributed by atoms with Gasteiger partial charge in [0.25, 0.3) is 0 Å². The van der Waals surface area contributed by atoms with E-state index in [4.69, 9.17) is 4.74 Å². The van der Waals surface area contributed by atoms with E-state index in [1.54, 1.807) is 6.33 Å². The lowest BCUT2D eigenvalue weighted by Crippen LogP contribution is -2.32. The maximum Gasteiger partial charge on any atom is 0.218 e. The van der Waals surface area contributed by atoms with Crippen LogP contribution in [0, 0.1) is 0 Å². The highest BCUT2D eigenvalue weighted by molar-refractivity contribution is 5.36. The lowest BCUT2D eigenvalue weighted by molar-refractivity contribution is 0.305. The molecule has 0 amide bonds. The van der Waals surface area contributed by atoms with Gasteiger partial charge in [-0.1, -0.05) is 32.6 Å². The molecule has 0 aliphatic heterocycles. The Morgan fingerprint density at radius 1 is 1.14 bits per heavy atom. The second-order valence-electron chi connectivity index (χ2n) is 5.66. The number of aromatic nitrogens is 2. The second kappa shape index (κ2) is 9.55. The summed E-state index contributed by atoms with van der Waals surface area (Å²) in [7, 11) is 0. The minimum atomic E-state index is 0.645. The fraction of sp³-hybridized carbons (Fsp3) is 0.750. The molecule has 1 aliphatic rings. The molecule has 1 aliphatic carbocycles.